The molecule has 0 aromatic carbocycles. The first-order chi connectivity index (χ1) is 8.74. The van der Waals surface area contributed by atoms with Crippen LogP contribution in [0.2, 0.25) is 0 Å². The second-order valence-electron chi connectivity index (χ2n) is 4.51. The first-order valence-electron chi connectivity index (χ1n) is 5.64. The zero-order valence-corrected chi connectivity index (χ0v) is 10.3. The van der Waals surface area contributed by atoms with E-state index in [9.17, 15) is 25.2 Å². The molecule has 1 heterocycles. The SMILES string of the molecule is COCC1OC(N)(C(O)C(O)C(=O)O)C(O)CC1O. The van der Waals surface area contributed by atoms with Crippen LogP contribution < -0.4 is 5.73 Å². The summed E-state index contributed by atoms with van der Waals surface area (Å²) in [6, 6.07) is 0. The smallest absolute Gasteiger partial charge is 0.335 e. The summed E-state index contributed by atoms with van der Waals surface area (Å²) in [6.07, 6.45) is -8.10. The lowest BCUT2D eigenvalue weighted by Crippen LogP contribution is -2.71. The van der Waals surface area contributed by atoms with E-state index in [-0.39, 0.29) is 13.0 Å². The van der Waals surface area contributed by atoms with Crippen molar-refractivity contribution in [2.75, 3.05) is 13.7 Å². The van der Waals surface area contributed by atoms with Crippen LogP contribution >= 0.6 is 0 Å². The van der Waals surface area contributed by atoms with Gasteiger partial charge in [0.05, 0.1) is 12.7 Å². The molecule has 9 nitrogen and oxygen atoms in total. The minimum atomic E-state index is -2.22. The van der Waals surface area contributed by atoms with Crippen molar-refractivity contribution in [3.63, 3.8) is 0 Å². The molecule has 0 amide bonds. The lowest BCUT2D eigenvalue weighted by atomic mass is 9.88. The molecule has 1 saturated heterocycles. The van der Waals surface area contributed by atoms with Gasteiger partial charge in [-0.05, 0) is 0 Å². The first kappa shape index (κ1) is 16.2. The van der Waals surface area contributed by atoms with Crippen molar-refractivity contribution in [3.8, 4) is 0 Å². The van der Waals surface area contributed by atoms with Gasteiger partial charge in [-0.25, -0.2) is 4.79 Å². The van der Waals surface area contributed by atoms with E-state index in [0.29, 0.717) is 0 Å². The second kappa shape index (κ2) is 6.09. The number of hydrogen-bond acceptors (Lipinski definition) is 8. The van der Waals surface area contributed by atoms with Crippen molar-refractivity contribution in [2.24, 2.45) is 5.73 Å². The molecule has 1 aliphatic heterocycles. The summed E-state index contributed by atoms with van der Waals surface area (Å²) in [5, 5.41) is 47.1. The summed E-state index contributed by atoms with van der Waals surface area (Å²) in [5.41, 5.74) is 3.45. The molecule has 0 aromatic rings. The number of nitrogens with two attached hydrogens (primary N) is 1. The minimum absolute atomic E-state index is 0.0667. The van der Waals surface area contributed by atoms with Gasteiger partial charge < -0.3 is 35.0 Å². The Labute approximate surface area is 109 Å². The maximum atomic E-state index is 10.6. The predicted octanol–water partition coefficient (Wildman–Crippen LogP) is -3.40. The lowest BCUT2D eigenvalue weighted by molar-refractivity contribution is -0.276. The fourth-order valence-electron chi connectivity index (χ4n) is 1.94. The quantitative estimate of drug-likeness (QED) is 0.301. The van der Waals surface area contributed by atoms with Gasteiger partial charge >= 0.3 is 5.97 Å². The Morgan fingerprint density at radius 1 is 1.53 bits per heavy atom. The third-order valence-corrected chi connectivity index (χ3v) is 3.12. The normalized spacial score (nSPS) is 38.7. The van der Waals surface area contributed by atoms with Crippen LogP contribution in [-0.4, -0.2) is 81.5 Å². The van der Waals surface area contributed by atoms with E-state index >= 15 is 0 Å². The molecule has 112 valence electrons. The van der Waals surface area contributed by atoms with E-state index in [0.717, 1.165) is 0 Å². The molecular formula is C10H19NO8. The van der Waals surface area contributed by atoms with Crippen molar-refractivity contribution in [3.05, 3.63) is 0 Å². The zero-order chi connectivity index (χ0) is 14.8. The van der Waals surface area contributed by atoms with Crippen LogP contribution in [0.25, 0.3) is 0 Å². The van der Waals surface area contributed by atoms with Gasteiger partial charge in [0.2, 0.25) is 0 Å². The Kier molecular flexibility index (Phi) is 5.21. The summed E-state index contributed by atoms with van der Waals surface area (Å²) < 4.78 is 9.94. The number of carboxylic acids is 1. The third kappa shape index (κ3) is 3.20. The van der Waals surface area contributed by atoms with Crippen molar-refractivity contribution in [2.45, 2.75) is 42.7 Å². The molecule has 0 spiro atoms. The lowest BCUT2D eigenvalue weighted by Gasteiger charge is -2.46. The molecule has 0 aromatic heterocycles. The summed E-state index contributed by atoms with van der Waals surface area (Å²) in [4.78, 5) is 10.6. The Morgan fingerprint density at radius 3 is 2.58 bits per heavy atom. The van der Waals surface area contributed by atoms with Gasteiger partial charge in [0, 0.05) is 13.5 Å². The van der Waals surface area contributed by atoms with Gasteiger partial charge in [-0.3, -0.25) is 5.73 Å². The van der Waals surface area contributed by atoms with E-state index < -0.39 is 42.2 Å². The Hall–Kier alpha value is -0.810. The van der Waals surface area contributed by atoms with Gasteiger partial charge in [-0.2, -0.15) is 0 Å². The predicted molar refractivity (Wildman–Crippen MR) is 59.9 cm³/mol. The van der Waals surface area contributed by atoms with Crippen molar-refractivity contribution < 1.29 is 39.8 Å². The van der Waals surface area contributed by atoms with Gasteiger partial charge in [0.1, 0.15) is 18.3 Å². The molecule has 1 aliphatic rings. The highest BCUT2D eigenvalue weighted by Gasteiger charge is 2.53. The molecule has 7 N–H and O–H groups in total. The van der Waals surface area contributed by atoms with E-state index in [2.05, 4.69) is 0 Å². The number of carboxylic acid groups (broad SMARTS) is 1. The van der Waals surface area contributed by atoms with Gasteiger partial charge in [-0.1, -0.05) is 0 Å². The maximum absolute atomic E-state index is 10.6. The summed E-state index contributed by atoms with van der Waals surface area (Å²) >= 11 is 0. The molecule has 6 unspecified atom stereocenters. The average molecular weight is 281 g/mol. The highest BCUT2D eigenvalue weighted by atomic mass is 16.6. The average Bonchev–Trinajstić information content (AvgIpc) is 2.34. The molecule has 1 fully saturated rings. The van der Waals surface area contributed by atoms with Crippen LogP contribution in [0.15, 0.2) is 0 Å². The number of ether oxygens (including phenoxy) is 2. The summed E-state index contributed by atoms with van der Waals surface area (Å²) in [6.45, 7) is -0.0667. The molecule has 0 bridgehead atoms. The number of aliphatic hydroxyl groups excluding tert-OH is 4. The topological polar surface area (TPSA) is 163 Å². The number of aliphatic carboxylic acids is 1. The number of methoxy groups -OCH3 is 1. The Morgan fingerprint density at radius 2 is 2.11 bits per heavy atom. The number of rotatable bonds is 5. The Bertz CT molecular complexity index is 327. The van der Waals surface area contributed by atoms with Crippen LogP contribution in [0.4, 0.5) is 0 Å². The van der Waals surface area contributed by atoms with Crippen LogP contribution in [0.1, 0.15) is 6.42 Å². The van der Waals surface area contributed by atoms with Crippen LogP contribution in [-0.2, 0) is 14.3 Å². The van der Waals surface area contributed by atoms with E-state index in [1.807, 2.05) is 0 Å². The molecule has 1 rings (SSSR count). The molecule has 19 heavy (non-hydrogen) atoms. The van der Waals surface area contributed by atoms with Gasteiger partial charge in [0.25, 0.3) is 0 Å². The summed E-state index contributed by atoms with van der Waals surface area (Å²) in [5.74, 6) is -1.71. The molecule has 0 aliphatic carbocycles. The molecule has 6 atom stereocenters. The highest BCUT2D eigenvalue weighted by Crippen LogP contribution is 2.30. The van der Waals surface area contributed by atoms with Crippen LogP contribution in [0, 0.1) is 0 Å². The van der Waals surface area contributed by atoms with Crippen molar-refractivity contribution in [1.29, 1.82) is 0 Å². The number of hydrogen-bond donors (Lipinski definition) is 6. The first-order valence-corrected chi connectivity index (χ1v) is 5.64. The van der Waals surface area contributed by atoms with E-state index in [1.165, 1.54) is 7.11 Å². The van der Waals surface area contributed by atoms with Crippen molar-refractivity contribution in [1.82, 2.24) is 0 Å². The molecular weight excluding hydrogens is 262 g/mol. The van der Waals surface area contributed by atoms with Crippen LogP contribution in [0.3, 0.4) is 0 Å². The monoisotopic (exact) mass is 281 g/mol. The third-order valence-electron chi connectivity index (χ3n) is 3.12. The number of aliphatic hydroxyl groups is 4. The van der Waals surface area contributed by atoms with E-state index in [1.54, 1.807) is 0 Å². The van der Waals surface area contributed by atoms with Crippen molar-refractivity contribution >= 4 is 5.97 Å². The fraction of sp³-hybridized carbons (Fsp3) is 0.900. The zero-order valence-electron chi connectivity index (χ0n) is 10.3. The second-order valence-corrected chi connectivity index (χ2v) is 4.51. The number of carbonyl (C=O) groups is 1. The molecule has 0 radical (unpaired) electrons. The minimum Gasteiger partial charge on any atom is -0.479 e. The Balaban J connectivity index is 2.90. The maximum Gasteiger partial charge on any atom is 0.335 e. The van der Waals surface area contributed by atoms with Crippen LogP contribution in [0.5, 0.6) is 0 Å². The van der Waals surface area contributed by atoms with Gasteiger partial charge in [-0.15, -0.1) is 0 Å². The highest BCUT2D eigenvalue weighted by molar-refractivity contribution is 5.73. The van der Waals surface area contributed by atoms with Gasteiger partial charge in [0.15, 0.2) is 11.8 Å². The fourth-order valence-corrected chi connectivity index (χ4v) is 1.94. The molecule has 9 heteroatoms. The van der Waals surface area contributed by atoms with E-state index in [4.69, 9.17) is 20.3 Å². The molecule has 0 saturated carbocycles. The summed E-state index contributed by atoms with van der Waals surface area (Å²) in [7, 11) is 1.35. The largest absolute Gasteiger partial charge is 0.479 e. The standard InChI is InChI=1S/C10H19NO8/c1-18-3-5-4(12)2-6(13)10(11,19-5)8(15)7(14)9(16)17/h4-8,12-15H,2-3,11H2,1H3,(H,16,17).